The van der Waals surface area contributed by atoms with E-state index in [4.69, 9.17) is 4.74 Å². The maximum absolute atomic E-state index is 14.1. The Morgan fingerprint density at radius 2 is 1.96 bits per heavy atom. The van der Waals surface area contributed by atoms with E-state index in [0.29, 0.717) is 11.3 Å². The number of ether oxygens (including phenoxy) is 1. The molecule has 28 heavy (non-hydrogen) atoms. The summed E-state index contributed by atoms with van der Waals surface area (Å²) >= 11 is 1.13. The number of amides is 1. The second-order valence-corrected chi connectivity index (χ2v) is 6.81. The molecular formula is C20H17FN2O4S. The van der Waals surface area contributed by atoms with Crippen molar-refractivity contribution in [2.75, 3.05) is 4.90 Å². The molecule has 0 radical (unpaired) electrons. The fourth-order valence-electron chi connectivity index (χ4n) is 2.55. The number of aryl methyl sites for hydroxylation is 1. The van der Waals surface area contributed by atoms with Crippen molar-refractivity contribution in [3.63, 3.8) is 0 Å². The molecule has 1 N–H and O–H groups in total. The number of phenolic OH excluding ortho intramolecular Hbond substituents is 1. The van der Waals surface area contributed by atoms with E-state index >= 15 is 0 Å². The molecule has 0 fully saturated rings. The van der Waals surface area contributed by atoms with Gasteiger partial charge in [-0.2, -0.15) is 0 Å². The van der Waals surface area contributed by atoms with Crippen molar-refractivity contribution >= 4 is 34.0 Å². The largest absolute Gasteiger partial charge is 0.507 e. The predicted molar refractivity (Wildman–Crippen MR) is 103 cm³/mol. The Morgan fingerprint density at radius 3 is 2.68 bits per heavy atom. The highest BCUT2D eigenvalue weighted by molar-refractivity contribution is 7.14. The van der Waals surface area contributed by atoms with Crippen LogP contribution in [0.25, 0.3) is 0 Å². The van der Waals surface area contributed by atoms with Gasteiger partial charge in [0.1, 0.15) is 23.7 Å². The zero-order valence-corrected chi connectivity index (χ0v) is 16.0. The first-order chi connectivity index (χ1) is 13.4. The first kappa shape index (κ1) is 19.5. The Balaban J connectivity index is 1.76. The van der Waals surface area contributed by atoms with Crippen LogP contribution in [0.5, 0.6) is 5.75 Å². The maximum Gasteiger partial charge on any atom is 0.342 e. The third kappa shape index (κ3) is 4.01. The number of aromatic hydroxyl groups is 1. The third-order valence-electron chi connectivity index (χ3n) is 3.95. The monoisotopic (exact) mass is 400 g/mol. The van der Waals surface area contributed by atoms with Gasteiger partial charge in [0.15, 0.2) is 5.13 Å². The van der Waals surface area contributed by atoms with Crippen LogP contribution in [0.3, 0.4) is 0 Å². The lowest BCUT2D eigenvalue weighted by Crippen LogP contribution is -2.23. The lowest BCUT2D eigenvalue weighted by atomic mass is 10.1. The lowest BCUT2D eigenvalue weighted by molar-refractivity contribution is -0.115. The quantitative estimate of drug-likeness (QED) is 0.645. The number of hydrogen-bond acceptors (Lipinski definition) is 6. The summed E-state index contributed by atoms with van der Waals surface area (Å²) in [5.74, 6) is -1.76. The summed E-state index contributed by atoms with van der Waals surface area (Å²) in [5, 5.41) is 11.8. The number of halogens is 1. The fraction of sp³-hybridized carbons (Fsp3) is 0.150. The molecule has 0 spiro atoms. The van der Waals surface area contributed by atoms with Crippen molar-refractivity contribution in [1.29, 1.82) is 0 Å². The van der Waals surface area contributed by atoms with Crippen LogP contribution in [-0.4, -0.2) is 22.0 Å². The highest BCUT2D eigenvalue weighted by Crippen LogP contribution is 2.31. The summed E-state index contributed by atoms with van der Waals surface area (Å²) in [5.41, 5.74) is 1.13. The van der Waals surface area contributed by atoms with Gasteiger partial charge in [-0.1, -0.05) is 24.3 Å². The minimum atomic E-state index is -0.687. The molecule has 0 aliphatic carbocycles. The second kappa shape index (κ2) is 8.18. The smallest absolute Gasteiger partial charge is 0.342 e. The number of nitrogens with zero attached hydrogens (tertiary/aromatic N) is 2. The van der Waals surface area contributed by atoms with Gasteiger partial charge in [0.2, 0.25) is 5.91 Å². The van der Waals surface area contributed by atoms with E-state index in [1.807, 2.05) is 0 Å². The third-order valence-corrected chi connectivity index (χ3v) is 4.82. The molecule has 2 aromatic carbocycles. The molecule has 0 bridgehead atoms. The Labute approximate surface area is 164 Å². The van der Waals surface area contributed by atoms with Gasteiger partial charge in [-0.3, -0.25) is 9.69 Å². The Bertz CT molecular complexity index is 1030. The van der Waals surface area contributed by atoms with E-state index in [-0.39, 0.29) is 28.7 Å². The fourth-order valence-corrected chi connectivity index (χ4v) is 3.41. The Kier molecular flexibility index (Phi) is 5.70. The molecule has 8 heteroatoms. The standard InChI is InChI=1S/C20H17FN2O4S/c1-12-6-5-7-15(18(12)25)19(26)27-10-14-11-28-20(22-14)23(13(2)24)17-9-4-3-8-16(17)21/h3-9,11,25H,10H2,1-2H3. The molecular weight excluding hydrogens is 383 g/mol. The lowest BCUT2D eigenvalue weighted by Gasteiger charge is -2.18. The van der Waals surface area contributed by atoms with Crippen LogP contribution in [0.4, 0.5) is 15.2 Å². The SMILES string of the molecule is CC(=O)N(c1nc(COC(=O)c2cccc(C)c2O)cs1)c1ccccc1F. The number of carbonyl (C=O) groups excluding carboxylic acids is 2. The van der Waals surface area contributed by atoms with Crippen LogP contribution in [0.15, 0.2) is 47.8 Å². The summed E-state index contributed by atoms with van der Waals surface area (Å²) in [4.78, 5) is 29.7. The minimum Gasteiger partial charge on any atom is -0.507 e. The van der Waals surface area contributed by atoms with Crippen molar-refractivity contribution < 1.29 is 23.8 Å². The van der Waals surface area contributed by atoms with Crippen molar-refractivity contribution in [3.05, 3.63) is 70.5 Å². The van der Waals surface area contributed by atoms with Crippen LogP contribution < -0.4 is 4.90 Å². The van der Waals surface area contributed by atoms with E-state index in [1.165, 1.54) is 31.2 Å². The van der Waals surface area contributed by atoms with E-state index < -0.39 is 17.7 Å². The second-order valence-electron chi connectivity index (χ2n) is 5.97. The molecule has 3 rings (SSSR count). The Morgan fingerprint density at radius 1 is 1.21 bits per heavy atom. The number of rotatable bonds is 5. The van der Waals surface area contributed by atoms with E-state index in [9.17, 15) is 19.1 Å². The van der Waals surface area contributed by atoms with Gasteiger partial charge in [-0.25, -0.2) is 14.2 Å². The molecule has 0 aliphatic heterocycles. The first-order valence-corrected chi connectivity index (χ1v) is 9.21. The molecule has 6 nitrogen and oxygen atoms in total. The molecule has 0 unspecified atom stereocenters. The first-order valence-electron chi connectivity index (χ1n) is 8.34. The molecule has 1 amide bonds. The number of esters is 1. The topological polar surface area (TPSA) is 79.7 Å². The summed E-state index contributed by atoms with van der Waals surface area (Å²) in [7, 11) is 0. The van der Waals surface area contributed by atoms with Gasteiger partial charge in [-0.15, -0.1) is 11.3 Å². The number of thiazole rings is 1. The van der Waals surface area contributed by atoms with Crippen molar-refractivity contribution in [2.24, 2.45) is 0 Å². The molecule has 1 heterocycles. The Hall–Kier alpha value is -3.26. The predicted octanol–water partition coefficient (Wildman–Crippen LogP) is 4.34. The summed E-state index contributed by atoms with van der Waals surface area (Å²) in [6.07, 6.45) is 0. The van der Waals surface area contributed by atoms with Crippen LogP contribution >= 0.6 is 11.3 Å². The average molecular weight is 400 g/mol. The van der Waals surface area contributed by atoms with Gasteiger partial charge in [-0.05, 0) is 30.7 Å². The molecule has 0 saturated carbocycles. The normalized spacial score (nSPS) is 10.5. The molecule has 0 saturated heterocycles. The van der Waals surface area contributed by atoms with Crippen LogP contribution in [0.2, 0.25) is 0 Å². The van der Waals surface area contributed by atoms with Gasteiger partial charge >= 0.3 is 5.97 Å². The van der Waals surface area contributed by atoms with Crippen molar-refractivity contribution in [1.82, 2.24) is 4.98 Å². The van der Waals surface area contributed by atoms with Gasteiger partial charge in [0, 0.05) is 12.3 Å². The van der Waals surface area contributed by atoms with Gasteiger partial charge in [0.25, 0.3) is 0 Å². The number of para-hydroxylation sites is 2. The van der Waals surface area contributed by atoms with Crippen molar-refractivity contribution in [2.45, 2.75) is 20.5 Å². The molecule has 1 aromatic heterocycles. The van der Waals surface area contributed by atoms with Gasteiger partial charge in [0.05, 0.1) is 11.4 Å². The molecule has 3 aromatic rings. The molecule has 0 atom stereocenters. The average Bonchev–Trinajstić information content (AvgIpc) is 3.12. The highest BCUT2D eigenvalue weighted by atomic mass is 32.1. The maximum atomic E-state index is 14.1. The number of benzene rings is 2. The van der Waals surface area contributed by atoms with E-state index in [2.05, 4.69) is 4.98 Å². The number of anilines is 2. The van der Waals surface area contributed by atoms with Crippen molar-refractivity contribution in [3.8, 4) is 5.75 Å². The van der Waals surface area contributed by atoms with E-state index in [1.54, 1.807) is 30.5 Å². The summed E-state index contributed by atoms with van der Waals surface area (Å²) < 4.78 is 19.3. The zero-order valence-electron chi connectivity index (χ0n) is 15.2. The summed E-state index contributed by atoms with van der Waals surface area (Å²) in [6.45, 7) is 2.84. The van der Waals surface area contributed by atoms with Crippen LogP contribution in [0.1, 0.15) is 28.5 Å². The van der Waals surface area contributed by atoms with Gasteiger partial charge < -0.3 is 9.84 Å². The number of phenols is 1. The zero-order chi connectivity index (χ0) is 20.3. The van der Waals surface area contributed by atoms with E-state index in [0.717, 1.165) is 16.2 Å². The molecule has 144 valence electrons. The van der Waals surface area contributed by atoms with Crippen LogP contribution in [0, 0.1) is 12.7 Å². The number of carbonyl (C=O) groups is 2. The van der Waals surface area contributed by atoms with Crippen LogP contribution in [-0.2, 0) is 16.1 Å². The number of aromatic nitrogens is 1. The summed E-state index contributed by atoms with van der Waals surface area (Å²) in [6, 6.07) is 10.7. The molecule has 0 aliphatic rings. The minimum absolute atomic E-state index is 0.0622. The number of hydrogen-bond donors (Lipinski definition) is 1. The highest BCUT2D eigenvalue weighted by Gasteiger charge is 2.21.